The molecule has 0 radical (unpaired) electrons. The summed E-state index contributed by atoms with van der Waals surface area (Å²) >= 11 is 0. The van der Waals surface area contributed by atoms with Crippen molar-refractivity contribution in [2.75, 3.05) is 13.1 Å². The predicted molar refractivity (Wildman–Crippen MR) is 82.7 cm³/mol. The SMILES string of the molecule is O=C(NC1CCN(C(=O)C2CC2C(=O)O)CC1)c1ccccc1. The lowest BCUT2D eigenvalue weighted by atomic mass is 10.0. The van der Waals surface area contributed by atoms with Crippen molar-refractivity contribution in [3.63, 3.8) is 0 Å². The van der Waals surface area contributed by atoms with Crippen LogP contribution in [-0.2, 0) is 9.59 Å². The molecular weight excluding hydrogens is 296 g/mol. The van der Waals surface area contributed by atoms with Crippen molar-refractivity contribution in [3.05, 3.63) is 35.9 Å². The number of hydrogen-bond donors (Lipinski definition) is 2. The Morgan fingerprint density at radius 3 is 2.26 bits per heavy atom. The van der Waals surface area contributed by atoms with E-state index in [1.165, 1.54) is 0 Å². The van der Waals surface area contributed by atoms with E-state index in [1.54, 1.807) is 17.0 Å². The summed E-state index contributed by atoms with van der Waals surface area (Å²) in [5, 5.41) is 11.9. The van der Waals surface area contributed by atoms with Crippen LogP contribution in [0.2, 0.25) is 0 Å². The number of carbonyl (C=O) groups is 3. The van der Waals surface area contributed by atoms with Gasteiger partial charge in [-0.3, -0.25) is 14.4 Å². The van der Waals surface area contributed by atoms with Gasteiger partial charge in [-0.1, -0.05) is 18.2 Å². The molecule has 2 aliphatic rings. The van der Waals surface area contributed by atoms with Gasteiger partial charge in [-0.25, -0.2) is 0 Å². The van der Waals surface area contributed by atoms with Gasteiger partial charge in [0.05, 0.1) is 11.8 Å². The van der Waals surface area contributed by atoms with Gasteiger partial charge in [0.25, 0.3) is 5.91 Å². The Labute approximate surface area is 134 Å². The molecule has 2 fully saturated rings. The van der Waals surface area contributed by atoms with Crippen LogP contribution in [0.25, 0.3) is 0 Å². The van der Waals surface area contributed by atoms with E-state index >= 15 is 0 Å². The molecule has 23 heavy (non-hydrogen) atoms. The lowest BCUT2D eigenvalue weighted by Gasteiger charge is -2.32. The molecule has 2 atom stereocenters. The van der Waals surface area contributed by atoms with Gasteiger partial charge in [0.1, 0.15) is 0 Å². The monoisotopic (exact) mass is 316 g/mol. The van der Waals surface area contributed by atoms with Gasteiger partial charge in [-0.2, -0.15) is 0 Å². The van der Waals surface area contributed by atoms with Crippen LogP contribution < -0.4 is 5.32 Å². The minimum Gasteiger partial charge on any atom is -0.481 e. The summed E-state index contributed by atoms with van der Waals surface area (Å²) in [5.41, 5.74) is 0.633. The van der Waals surface area contributed by atoms with Crippen LogP contribution in [0.3, 0.4) is 0 Å². The first-order valence-electron chi connectivity index (χ1n) is 7.94. The Bertz CT molecular complexity index is 608. The van der Waals surface area contributed by atoms with Crippen LogP contribution in [0, 0.1) is 11.8 Å². The molecule has 6 nitrogen and oxygen atoms in total. The number of aliphatic carboxylic acids is 1. The van der Waals surface area contributed by atoms with Crippen LogP contribution in [0.15, 0.2) is 30.3 Å². The smallest absolute Gasteiger partial charge is 0.307 e. The number of carboxylic acids is 1. The number of rotatable bonds is 4. The maximum atomic E-state index is 12.2. The Kier molecular flexibility index (Phi) is 4.32. The second-order valence-electron chi connectivity index (χ2n) is 6.23. The lowest BCUT2D eigenvalue weighted by Crippen LogP contribution is -2.47. The van der Waals surface area contributed by atoms with Crippen molar-refractivity contribution >= 4 is 17.8 Å². The Hall–Kier alpha value is -2.37. The second kappa shape index (κ2) is 6.40. The number of piperidine rings is 1. The molecule has 2 unspecified atom stereocenters. The third-order valence-corrected chi connectivity index (χ3v) is 4.60. The minimum atomic E-state index is -0.881. The highest BCUT2D eigenvalue weighted by atomic mass is 16.4. The number of amides is 2. The first kappa shape index (κ1) is 15.5. The number of benzene rings is 1. The predicted octanol–water partition coefficient (Wildman–Crippen LogP) is 1.13. The average Bonchev–Trinajstić information content (AvgIpc) is 3.36. The molecule has 3 rings (SSSR count). The number of nitrogens with one attached hydrogen (secondary N) is 1. The summed E-state index contributed by atoms with van der Waals surface area (Å²) < 4.78 is 0. The van der Waals surface area contributed by atoms with Crippen molar-refractivity contribution in [3.8, 4) is 0 Å². The van der Waals surface area contributed by atoms with Crippen molar-refractivity contribution in [2.45, 2.75) is 25.3 Å². The van der Waals surface area contributed by atoms with Crippen LogP contribution in [0.5, 0.6) is 0 Å². The van der Waals surface area contributed by atoms with E-state index in [0.29, 0.717) is 37.9 Å². The molecule has 0 spiro atoms. The third-order valence-electron chi connectivity index (χ3n) is 4.60. The number of hydrogen-bond acceptors (Lipinski definition) is 3. The molecule has 122 valence electrons. The zero-order chi connectivity index (χ0) is 16.4. The summed E-state index contributed by atoms with van der Waals surface area (Å²) in [6.07, 6.45) is 1.86. The molecular formula is C17H20N2O4. The first-order chi connectivity index (χ1) is 11.1. The van der Waals surface area contributed by atoms with Gasteiger partial charge >= 0.3 is 5.97 Å². The Morgan fingerprint density at radius 2 is 1.70 bits per heavy atom. The van der Waals surface area contributed by atoms with E-state index in [9.17, 15) is 14.4 Å². The van der Waals surface area contributed by atoms with Crippen molar-refractivity contribution < 1.29 is 19.5 Å². The van der Waals surface area contributed by atoms with E-state index in [0.717, 1.165) is 0 Å². The molecule has 1 aliphatic heterocycles. The van der Waals surface area contributed by atoms with Gasteiger partial charge in [0.15, 0.2) is 0 Å². The normalized spacial score (nSPS) is 24.1. The van der Waals surface area contributed by atoms with Crippen molar-refractivity contribution in [1.29, 1.82) is 0 Å². The quantitative estimate of drug-likeness (QED) is 0.872. The maximum Gasteiger partial charge on any atom is 0.307 e. The van der Waals surface area contributed by atoms with E-state index < -0.39 is 11.9 Å². The van der Waals surface area contributed by atoms with E-state index in [4.69, 9.17) is 5.11 Å². The van der Waals surface area contributed by atoms with Crippen molar-refractivity contribution in [2.24, 2.45) is 11.8 Å². The summed E-state index contributed by atoms with van der Waals surface area (Å²) in [6.45, 7) is 1.14. The number of carbonyl (C=O) groups excluding carboxylic acids is 2. The number of nitrogens with zero attached hydrogens (tertiary/aromatic N) is 1. The number of carboxylic acid groups (broad SMARTS) is 1. The number of likely N-dealkylation sites (tertiary alicyclic amines) is 1. The van der Waals surface area contributed by atoms with Gasteiger partial charge in [-0.05, 0) is 31.4 Å². The lowest BCUT2D eigenvalue weighted by molar-refractivity contribution is -0.142. The van der Waals surface area contributed by atoms with Gasteiger partial charge < -0.3 is 15.3 Å². The maximum absolute atomic E-state index is 12.2. The molecule has 2 N–H and O–H groups in total. The highest BCUT2D eigenvalue weighted by Crippen LogP contribution is 2.40. The highest BCUT2D eigenvalue weighted by Gasteiger charge is 2.50. The summed E-state index contributed by atoms with van der Waals surface area (Å²) in [6, 6.07) is 9.11. The van der Waals surface area contributed by atoms with E-state index in [-0.39, 0.29) is 23.8 Å². The van der Waals surface area contributed by atoms with E-state index in [1.807, 2.05) is 18.2 Å². The fourth-order valence-corrected chi connectivity index (χ4v) is 3.08. The van der Waals surface area contributed by atoms with Gasteiger partial charge in [-0.15, -0.1) is 0 Å². The Morgan fingerprint density at radius 1 is 1.04 bits per heavy atom. The Balaban J connectivity index is 1.46. The largest absolute Gasteiger partial charge is 0.481 e. The third kappa shape index (κ3) is 3.52. The van der Waals surface area contributed by atoms with Crippen LogP contribution in [-0.4, -0.2) is 46.9 Å². The molecule has 0 aromatic heterocycles. The highest BCUT2D eigenvalue weighted by molar-refractivity contribution is 5.94. The fraction of sp³-hybridized carbons (Fsp3) is 0.471. The minimum absolute atomic E-state index is 0.0507. The molecule has 1 saturated carbocycles. The van der Waals surface area contributed by atoms with Crippen LogP contribution >= 0.6 is 0 Å². The van der Waals surface area contributed by atoms with E-state index in [2.05, 4.69) is 5.32 Å². The second-order valence-corrected chi connectivity index (χ2v) is 6.23. The molecule has 2 amide bonds. The van der Waals surface area contributed by atoms with Crippen LogP contribution in [0.1, 0.15) is 29.6 Å². The van der Waals surface area contributed by atoms with Crippen LogP contribution in [0.4, 0.5) is 0 Å². The topological polar surface area (TPSA) is 86.7 Å². The average molecular weight is 316 g/mol. The van der Waals surface area contributed by atoms with Crippen molar-refractivity contribution in [1.82, 2.24) is 10.2 Å². The molecule has 1 heterocycles. The molecule has 1 aromatic rings. The summed E-state index contributed by atoms with van der Waals surface area (Å²) in [7, 11) is 0. The molecule has 0 bridgehead atoms. The standard InChI is InChI=1S/C17H20N2O4/c20-15(11-4-2-1-3-5-11)18-12-6-8-19(9-7-12)16(21)13-10-14(13)17(22)23/h1-5,12-14H,6-10H2,(H,18,20)(H,22,23). The van der Waals surface area contributed by atoms with Gasteiger partial charge in [0, 0.05) is 24.7 Å². The van der Waals surface area contributed by atoms with Gasteiger partial charge in [0.2, 0.25) is 5.91 Å². The first-order valence-corrected chi connectivity index (χ1v) is 7.94. The zero-order valence-electron chi connectivity index (χ0n) is 12.8. The fourth-order valence-electron chi connectivity index (χ4n) is 3.08. The molecule has 6 heteroatoms. The summed E-state index contributed by atoms with van der Waals surface area (Å²) in [5.74, 6) is -1.87. The summed E-state index contributed by atoms with van der Waals surface area (Å²) in [4.78, 5) is 36.9. The molecule has 1 aliphatic carbocycles. The zero-order valence-corrected chi connectivity index (χ0v) is 12.8. The molecule has 1 saturated heterocycles. The molecule has 1 aromatic carbocycles.